The van der Waals surface area contributed by atoms with Crippen molar-refractivity contribution in [3.63, 3.8) is 0 Å². The maximum absolute atomic E-state index is 11.1. The molecule has 0 saturated carbocycles. The van der Waals surface area contributed by atoms with Crippen LogP contribution in [0.5, 0.6) is 0 Å². The van der Waals surface area contributed by atoms with E-state index in [0.717, 1.165) is 22.0 Å². The van der Waals surface area contributed by atoms with Gasteiger partial charge in [0.1, 0.15) is 16.6 Å². The van der Waals surface area contributed by atoms with Crippen molar-refractivity contribution in [3.8, 4) is 28.7 Å². The van der Waals surface area contributed by atoms with Gasteiger partial charge in [-0.3, -0.25) is 10.1 Å². The fourth-order valence-corrected chi connectivity index (χ4v) is 4.26. The Morgan fingerprint density at radius 3 is 2.67 bits per heavy atom. The van der Waals surface area contributed by atoms with Crippen LogP contribution in [0.2, 0.25) is 0 Å². The highest BCUT2D eigenvalue weighted by Crippen LogP contribution is 2.32. The monoisotopic (exact) mass is 450 g/mol. The number of hydrogen-bond donors (Lipinski definition) is 0. The van der Waals surface area contributed by atoms with E-state index in [1.165, 1.54) is 23.5 Å². The molecule has 158 valence electrons. The van der Waals surface area contributed by atoms with Gasteiger partial charge in [-0.15, -0.1) is 11.3 Å². The average Bonchev–Trinajstić information content (AvgIpc) is 3.50. The molecule has 0 N–H and O–H groups in total. The van der Waals surface area contributed by atoms with E-state index in [9.17, 15) is 15.4 Å². The first-order chi connectivity index (χ1) is 16.1. The molecule has 3 aromatic carbocycles. The number of nitro benzene ring substituents is 1. The predicted octanol–water partition coefficient (Wildman–Crippen LogP) is 6.59. The summed E-state index contributed by atoms with van der Waals surface area (Å²) in [4.78, 5) is 15.2. The molecule has 0 aliphatic heterocycles. The molecular formula is C25H14N4O3S. The second kappa shape index (κ2) is 8.49. The highest BCUT2D eigenvalue weighted by molar-refractivity contribution is 7.11. The van der Waals surface area contributed by atoms with Gasteiger partial charge in [-0.2, -0.15) is 5.26 Å². The summed E-state index contributed by atoms with van der Waals surface area (Å²) in [6.07, 6.45) is 1.76. The van der Waals surface area contributed by atoms with Crippen LogP contribution in [0.3, 0.4) is 0 Å². The number of allylic oxidation sites excluding steroid dienone is 1. The molecule has 0 atom stereocenters. The predicted molar refractivity (Wildman–Crippen MR) is 127 cm³/mol. The van der Waals surface area contributed by atoms with Crippen LogP contribution in [0.15, 0.2) is 82.7 Å². The molecule has 0 unspecified atom stereocenters. The standard InChI is InChI=1S/C25H14N4O3S/c26-14-19(25-27-23(15-33-25)18-7-4-8-20(13-18)29(30)31)11-16-9-10-22-21(12-16)24(32-28-22)17-5-2-1-3-6-17/h1-13,15H/b19-11+. The molecule has 0 radical (unpaired) electrons. The first-order valence-electron chi connectivity index (χ1n) is 9.90. The van der Waals surface area contributed by atoms with Crippen molar-refractivity contribution in [3.05, 3.63) is 98.9 Å². The summed E-state index contributed by atoms with van der Waals surface area (Å²) in [7, 11) is 0. The van der Waals surface area contributed by atoms with Crippen LogP contribution in [0.25, 0.3) is 45.1 Å². The number of nitrogens with zero attached hydrogens (tertiary/aromatic N) is 4. The lowest BCUT2D eigenvalue weighted by Gasteiger charge is -1.99. The van der Waals surface area contributed by atoms with Gasteiger partial charge in [0, 0.05) is 28.6 Å². The van der Waals surface area contributed by atoms with Crippen LogP contribution in [0.4, 0.5) is 5.69 Å². The van der Waals surface area contributed by atoms with E-state index in [0.29, 0.717) is 27.6 Å². The zero-order valence-corrected chi connectivity index (χ0v) is 17.8. The van der Waals surface area contributed by atoms with E-state index in [1.54, 1.807) is 23.6 Å². The number of thiazole rings is 1. The molecule has 2 aromatic heterocycles. The summed E-state index contributed by atoms with van der Waals surface area (Å²) in [5, 5.41) is 28.1. The third-order valence-electron chi connectivity index (χ3n) is 5.06. The van der Waals surface area contributed by atoms with Crippen LogP contribution >= 0.6 is 11.3 Å². The molecule has 33 heavy (non-hydrogen) atoms. The summed E-state index contributed by atoms with van der Waals surface area (Å²) in [5.41, 5.74) is 4.06. The van der Waals surface area contributed by atoms with Crippen molar-refractivity contribution in [1.82, 2.24) is 10.1 Å². The van der Waals surface area contributed by atoms with Crippen molar-refractivity contribution in [2.45, 2.75) is 0 Å². The van der Waals surface area contributed by atoms with E-state index in [1.807, 2.05) is 48.5 Å². The van der Waals surface area contributed by atoms with Gasteiger partial charge >= 0.3 is 0 Å². The number of benzene rings is 3. The fraction of sp³-hybridized carbons (Fsp3) is 0. The zero-order valence-electron chi connectivity index (χ0n) is 17.0. The van der Waals surface area contributed by atoms with Gasteiger partial charge in [-0.05, 0) is 23.8 Å². The summed E-state index contributed by atoms with van der Waals surface area (Å²) >= 11 is 1.31. The highest BCUT2D eigenvalue weighted by atomic mass is 32.1. The third-order valence-corrected chi connectivity index (χ3v) is 5.93. The Balaban J connectivity index is 1.51. The molecule has 0 aliphatic rings. The van der Waals surface area contributed by atoms with Gasteiger partial charge in [0.15, 0.2) is 5.76 Å². The minimum Gasteiger partial charge on any atom is -0.355 e. The Kier molecular flexibility index (Phi) is 5.23. The highest BCUT2D eigenvalue weighted by Gasteiger charge is 2.14. The molecule has 0 saturated heterocycles. The van der Waals surface area contributed by atoms with E-state index in [-0.39, 0.29) is 5.69 Å². The summed E-state index contributed by atoms with van der Waals surface area (Å²) in [5.74, 6) is 0.668. The first-order valence-corrected chi connectivity index (χ1v) is 10.8. The van der Waals surface area contributed by atoms with Gasteiger partial charge in [0.2, 0.25) is 0 Å². The summed E-state index contributed by atoms with van der Waals surface area (Å²) in [6.45, 7) is 0. The zero-order chi connectivity index (χ0) is 22.8. The molecule has 0 amide bonds. The van der Waals surface area contributed by atoms with E-state index in [4.69, 9.17) is 4.52 Å². The molecule has 0 aliphatic carbocycles. The molecule has 8 heteroatoms. The fourth-order valence-electron chi connectivity index (χ4n) is 3.46. The molecule has 0 fully saturated rings. The van der Waals surface area contributed by atoms with Crippen molar-refractivity contribution in [1.29, 1.82) is 5.26 Å². The third kappa shape index (κ3) is 4.01. The average molecular weight is 450 g/mol. The second-order valence-electron chi connectivity index (χ2n) is 7.17. The Morgan fingerprint density at radius 1 is 1.06 bits per heavy atom. The van der Waals surface area contributed by atoms with Gasteiger partial charge in [0.05, 0.1) is 21.6 Å². The second-order valence-corrected chi connectivity index (χ2v) is 8.03. The molecule has 2 heterocycles. The normalized spacial score (nSPS) is 11.4. The summed E-state index contributed by atoms with van der Waals surface area (Å²) < 4.78 is 5.56. The van der Waals surface area contributed by atoms with E-state index in [2.05, 4.69) is 16.2 Å². The molecule has 5 rings (SSSR count). The van der Waals surface area contributed by atoms with Gasteiger partial charge in [0.25, 0.3) is 5.69 Å². The van der Waals surface area contributed by atoms with Crippen LogP contribution in [-0.4, -0.2) is 15.1 Å². The Morgan fingerprint density at radius 2 is 1.88 bits per heavy atom. The van der Waals surface area contributed by atoms with Crippen LogP contribution < -0.4 is 0 Å². The molecule has 5 aromatic rings. The first kappa shape index (κ1) is 20.3. The number of rotatable bonds is 5. The van der Waals surface area contributed by atoms with Crippen molar-refractivity contribution in [2.75, 3.05) is 0 Å². The maximum Gasteiger partial charge on any atom is 0.270 e. The quantitative estimate of drug-likeness (QED) is 0.170. The smallest absolute Gasteiger partial charge is 0.270 e. The number of hydrogen-bond acceptors (Lipinski definition) is 7. The van der Waals surface area contributed by atoms with Crippen molar-refractivity contribution >= 4 is 39.6 Å². The number of nitro groups is 1. The number of nitriles is 1. The van der Waals surface area contributed by atoms with Crippen molar-refractivity contribution in [2.24, 2.45) is 0 Å². The van der Waals surface area contributed by atoms with Crippen LogP contribution in [-0.2, 0) is 0 Å². The SMILES string of the molecule is N#C/C(=C\c1ccc2noc(-c3ccccc3)c2c1)c1nc(-c2cccc([N+](=O)[O-])c2)cs1. The number of aromatic nitrogens is 2. The van der Waals surface area contributed by atoms with Crippen LogP contribution in [0, 0.1) is 21.4 Å². The minimum absolute atomic E-state index is 0.00524. The topological polar surface area (TPSA) is 106 Å². The molecule has 0 bridgehead atoms. The molecule has 0 spiro atoms. The van der Waals surface area contributed by atoms with E-state index < -0.39 is 4.92 Å². The van der Waals surface area contributed by atoms with Crippen LogP contribution in [0.1, 0.15) is 10.6 Å². The molecule has 7 nitrogen and oxygen atoms in total. The lowest BCUT2D eigenvalue weighted by molar-refractivity contribution is -0.384. The van der Waals surface area contributed by atoms with Gasteiger partial charge in [-0.25, -0.2) is 4.98 Å². The van der Waals surface area contributed by atoms with Gasteiger partial charge < -0.3 is 4.52 Å². The lowest BCUT2D eigenvalue weighted by atomic mass is 10.0. The number of fused-ring (bicyclic) bond motifs is 1. The van der Waals surface area contributed by atoms with Crippen molar-refractivity contribution < 1.29 is 9.45 Å². The Bertz CT molecular complexity index is 1560. The Hall–Kier alpha value is -4.61. The number of non-ortho nitro benzene ring substituents is 1. The minimum atomic E-state index is -0.442. The maximum atomic E-state index is 11.1. The lowest BCUT2D eigenvalue weighted by Crippen LogP contribution is -1.88. The Labute approximate surface area is 192 Å². The van der Waals surface area contributed by atoms with E-state index >= 15 is 0 Å². The van der Waals surface area contributed by atoms with Gasteiger partial charge in [-0.1, -0.05) is 53.7 Å². The summed E-state index contributed by atoms with van der Waals surface area (Å²) in [6, 6.07) is 23.8. The largest absolute Gasteiger partial charge is 0.355 e. The molecular weight excluding hydrogens is 436 g/mol.